The van der Waals surface area contributed by atoms with Gasteiger partial charge in [-0.1, -0.05) is 16.9 Å². The molecule has 0 aliphatic carbocycles. The van der Waals surface area contributed by atoms with Crippen molar-refractivity contribution in [1.29, 1.82) is 0 Å². The molecule has 0 unspecified atom stereocenters. The number of amides is 2. The molecular weight excluding hydrogens is 567 g/mol. The highest BCUT2D eigenvalue weighted by Gasteiger charge is 2.54. The number of β-lactam (4-membered cyclic amide) rings is 1. The standard InChI is InChI=1S/C22H23N9O5S3/c1-36-27-14(17-26-22(24)39-28-17)18(32)25-15-19(33)31-16(21(34)35)11(10-38-20(15)31)9-29-6-7-30-12(29)3-2-4-13(30)37-8-5-23/h2-4,6-7,15,20H,5,8-10,23H2,1H3,(H3-,24,25,26,28,32,34,35)/p+1/b27-14-/t15-,20+/m1/s1. The van der Waals surface area contributed by atoms with Gasteiger partial charge in [0.15, 0.2) is 10.2 Å². The number of rotatable bonds is 10. The highest BCUT2D eigenvalue weighted by atomic mass is 32.2. The molecule has 0 aromatic carbocycles. The van der Waals surface area contributed by atoms with Gasteiger partial charge in [-0.25, -0.2) is 9.36 Å². The van der Waals surface area contributed by atoms with Crippen LogP contribution in [0.3, 0.4) is 0 Å². The zero-order valence-electron chi connectivity index (χ0n) is 20.5. The molecular formula is C22H24N9O5S3+. The van der Waals surface area contributed by atoms with Gasteiger partial charge in [-0.2, -0.15) is 13.8 Å². The molecule has 0 radical (unpaired) electrons. The van der Waals surface area contributed by atoms with Crippen molar-refractivity contribution in [1.82, 2.24) is 24.0 Å². The van der Waals surface area contributed by atoms with Gasteiger partial charge in [-0.05, 0) is 12.1 Å². The predicted octanol–water partition coefficient (Wildman–Crippen LogP) is -0.499. The summed E-state index contributed by atoms with van der Waals surface area (Å²) in [6.45, 7) is 0.836. The Kier molecular flexibility index (Phi) is 7.74. The summed E-state index contributed by atoms with van der Waals surface area (Å²) in [5.74, 6) is -1.39. The van der Waals surface area contributed by atoms with E-state index < -0.39 is 29.2 Å². The van der Waals surface area contributed by atoms with E-state index in [0.717, 1.165) is 28.0 Å². The Balaban J connectivity index is 1.36. The molecule has 14 nitrogen and oxygen atoms in total. The van der Waals surface area contributed by atoms with E-state index in [9.17, 15) is 19.5 Å². The van der Waals surface area contributed by atoms with E-state index in [1.165, 1.54) is 23.8 Å². The monoisotopic (exact) mass is 590 g/mol. The summed E-state index contributed by atoms with van der Waals surface area (Å²) in [7, 11) is 1.26. The number of nitrogens with one attached hydrogen (secondary N) is 1. The molecule has 2 atom stereocenters. The average molecular weight is 591 g/mol. The maximum Gasteiger partial charge on any atom is 0.352 e. The minimum absolute atomic E-state index is 0.0356. The molecule has 1 saturated heterocycles. The van der Waals surface area contributed by atoms with Gasteiger partial charge in [0.25, 0.3) is 17.5 Å². The van der Waals surface area contributed by atoms with Gasteiger partial charge < -0.3 is 26.7 Å². The number of carbonyl (C=O) groups excluding carboxylic acids is 2. The number of hydrogen-bond acceptors (Lipinski definition) is 12. The zero-order chi connectivity index (χ0) is 27.7. The normalized spacial score (nSPS) is 19.2. The van der Waals surface area contributed by atoms with Crippen LogP contribution in [-0.2, 0) is 25.8 Å². The van der Waals surface area contributed by atoms with E-state index in [0.29, 0.717) is 17.9 Å². The third kappa shape index (κ3) is 5.05. The number of imidazole rings is 1. The number of pyridine rings is 1. The molecule has 2 aliphatic heterocycles. The number of carboxylic acid groups (broad SMARTS) is 1. The van der Waals surface area contributed by atoms with E-state index in [1.807, 2.05) is 39.6 Å². The number of oxime groups is 1. The van der Waals surface area contributed by atoms with Crippen molar-refractivity contribution in [3.63, 3.8) is 0 Å². The molecule has 3 aromatic heterocycles. The lowest BCUT2D eigenvalue weighted by atomic mass is 10.0. The molecule has 0 bridgehead atoms. The Morgan fingerprint density at radius 3 is 2.92 bits per heavy atom. The maximum absolute atomic E-state index is 13.1. The smallest absolute Gasteiger partial charge is 0.352 e. The summed E-state index contributed by atoms with van der Waals surface area (Å²) in [6, 6.07) is 4.92. The summed E-state index contributed by atoms with van der Waals surface area (Å²) in [6.07, 6.45) is 3.79. The second-order valence-corrected chi connectivity index (χ2v) is 11.4. The Morgan fingerprint density at radius 2 is 2.23 bits per heavy atom. The lowest BCUT2D eigenvalue weighted by Gasteiger charge is -2.49. The van der Waals surface area contributed by atoms with Gasteiger partial charge in [-0.15, -0.1) is 11.8 Å². The van der Waals surface area contributed by atoms with Gasteiger partial charge in [0.2, 0.25) is 11.5 Å². The van der Waals surface area contributed by atoms with Crippen LogP contribution in [0.2, 0.25) is 0 Å². The van der Waals surface area contributed by atoms with E-state index in [4.69, 9.17) is 16.3 Å². The molecule has 2 aliphatic rings. The van der Waals surface area contributed by atoms with Crippen LogP contribution in [-0.4, -0.2) is 83.8 Å². The second kappa shape index (κ2) is 11.2. The number of nitrogens with two attached hydrogens (primary N) is 2. The maximum atomic E-state index is 13.1. The molecule has 2 amide bonds. The fraction of sp³-hybridized carbons (Fsp3) is 0.318. The van der Waals surface area contributed by atoms with Crippen LogP contribution in [0.15, 0.2) is 52.0 Å². The molecule has 204 valence electrons. The van der Waals surface area contributed by atoms with Crippen LogP contribution < -0.4 is 21.4 Å². The fourth-order valence-electron chi connectivity index (χ4n) is 4.34. The first-order valence-electron chi connectivity index (χ1n) is 11.6. The lowest BCUT2D eigenvalue weighted by Crippen LogP contribution is -2.71. The number of thioether (sulfide) groups is 2. The molecule has 39 heavy (non-hydrogen) atoms. The van der Waals surface area contributed by atoms with E-state index in [1.54, 1.807) is 11.8 Å². The third-order valence-corrected chi connectivity index (χ3v) is 8.93. The van der Waals surface area contributed by atoms with Gasteiger partial charge in [-0.3, -0.25) is 14.5 Å². The summed E-state index contributed by atoms with van der Waals surface area (Å²) in [4.78, 5) is 48.3. The van der Waals surface area contributed by atoms with Crippen LogP contribution in [0.5, 0.6) is 0 Å². The minimum atomic E-state index is -1.21. The average Bonchev–Trinajstić information content (AvgIpc) is 3.54. The Morgan fingerprint density at radius 1 is 1.41 bits per heavy atom. The van der Waals surface area contributed by atoms with E-state index in [2.05, 4.69) is 19.8 Å². The number of nitrogens with zero attached hydrogens (tertiary/aromatic N) is 6. The Hall–Kier alpha value is -3.67. The summed E-state index contributed by atoms with van der Waals surface area (Å²) in [5, 5.41) is 16.9. The molecule has 5 heterocycles. The number of nitrogen functional groups attached to an aromatic ring is 1. The highest BCUT2D eigenvalue weighted by molar-refractivity contribution is 8.00. The number of carboxylic acids is 1. The Labute approximate surface area is 234 Å². The van der Waals surface area contributed by atoms with Gasteiger partial charge in [0, 0.05) is 41.2 Å². The number of anilines is 1. The quantitative estimate of drug-likeness (QED) is 0.0782. The second-order valence-electron chi connectivity index (χ2n) is 8.35. The van der Waals surface area contributed by atoms with Crippen LogP contribution >= 0.6 is 35.1 Å². The molecule has 5 rings (SSSR count). The Bertz CT molecular complexity index is 1520. The zero-order valence-corrected chi connectivity index (χ0v) is 23.0. The van der Waals surface area contributed by atoms with E-state index >= 15 is 0 Å². The molecule has 17 heteroatoms. The lowest BCUT2D eigenvalue weighted by molar-refractivity contribution is -0.662. The largest absolute Gasteiger partial charge is 0.477 e. The van der Waals surface area contributed by atoms with Crippen molar-refractivity contribution in [3.05, 3.63) is 47.7 Å². The van der Waals surface area contributed by atoms with Crippen molar-refractivity contribution in [2.24, 2.45) is 10.9 Å². The number of fused-ring (bicyclic) bond motifs is 2. The van der Waals surface area contributed by atoms with Crippen LogP contribution in [0.1, 0.15) is 5.82 Å². The van der Waals surface area contributed by atoms with Crippen molar-refractivity contribution < 1.29 is 28.9 Å². The SMILES string of the molecule is CO/N=C(\C(=O)N[C@@H]1C(=O)N2C(C(=O)O)=C(C[n+]3ccn4c(SCCN)cccc43)CS[C@@H]12)c1nsc(N)n1. The van der Waals surface area contributed by atoms with Crippen molar-refractivity contribution >= 4 is 69.3 Å². The first-order valence-corrected chi connectivity index (χ1v) is 14.4. The molecule has 3 aromatic rings. The first kappa shape index (κ1) is 26.9. The topological polar surface area (TPSA) is 194 Å². The third-order valence-electron chi connectivity index (χ3n) is 5.97. The van der Waals surface area contributed by atoms with Gasteiger partial charge >= 0.3 is 5.97 Å². The molecule has 0 spiro atoms. The first-order chi connectivity index (χ1) is 18.8. The molecule has 0 saturated carbocycles. The number of hydrogen-bond donors (Lipinski definition) is 4. The molecule has 6 N–H and O–H groups in total. The van der Waals surface area contributed by atoms with Crippen LogP contribution in [0.4, 0.5) is 5.13 Å². The minimum Gasteiger partial charge on any atom is -0.477 e. The van der Waals surface area contributed by atoms with Gasteiger partial charge in [0.1, 0.15) is 43.2 Å². The number of aromatic nitrogens is 4. The fourth-order valence-corrected chi connectivity index (χ4v) is 6.90. The van der Waals surface area contributed by atoms with Crippen molar-refractivity contribution in [3.8, 4) is 0 Å². The summed E-state index contributed by atoms with van der Waals surface area (Å²) in [5.41, 5.74) is 12.4. The highest BCUT2D eigenvalue weighted by Crippen LogP contribution is 2.40. The molecule has 1 fully saturated rings. The number of aliphatic carboxylic acids is 1. The van der Waals surface area contributed by atoms with Crippen molar-refractivity contribution in [2.45, 2.75) is 23.0 Å². The van der Waals surface area contributed by atoms with Crippen LogP contribution in [0.25, 0.3) is 5.65 Å². The van der Waals surface area contributed by atoms with Crippen LogP contribution in [0, 0.1) is 0 Å². The van der Waals surface area contributed by atoms with Gasteiger partial charge in [0.05, 0.1) is 0 Å². The van der Waals surface area contributed by atoms with Crippen molar-refractivity contribution in [2.75, 3.05) is 30.9 Å². The number of carbonyl (C=O) groups is 3. The predicted molar refractivity (Wildman–Crippen MR) is 145 cm³/mol. The summed E-state index contributed by atoms with van der Waals surface area (Å²) < 4.78 is 7.92. The summed E-state index contributed by atoms with van der Waals surface area (Å²) >= 11 is 3.89. The van der Waals surface area contributed by atoms with E-state index in [-0.39, 0.29) is 28.9 Å².